The molecule has 34 heavy (non-hydrogen) atoms. The molecule has 1 aliphatic heterocycles. The molecule has 1 aliphatic carbocycles. The zero-order chi connectivity index (χ0) is 24.0. The van der Waals surface area contributed by atoms with Crippen LogP contribution in [-0.4, -0.2) is 58.8 Å². The summed E-state index contributed by atoms with van der Waals surface area (Å²) in [5.41, 5.74) is 10.5. The van der Waals surface area contributed by atoms with E-state index in [9.17, 15) is 4.39 Å². The van der Waals surface area contributed by atoms with Gasteiger partial charge in [0.2, 0.25) is 5.95 Å². The fourth-order valence-corrected chi connectivity index (χ4v) is 5.20. The van der Waals surface area contributed by atoms with Crippen LogP contribution in [0.1, 0.15) is 58.3 Å². The molecule has 1 atom stereocenters. The van der Waals surface area contributed by atoms with Gasteiger partial charge in [-0.1, -0.05) is 0 Å². The molecule has 2 N–H and O–H groups in total. The Hall–Kier alpha value is -3.07. The number of likely N-dealkylation sites (tertiary alicyclic amines) is 1. The molecular formula is C25H33FN8. The summed E-state index contributed by atoms with van der Waals surface area (Å²) in [4.78, 5) is 15.8. The summed E-state index contributed by atoms with van der Waals surface area (Å²) < 4.78 is 16.7. The van der Waals surface area contributed by atoms with Gasteiger partial charge in [0, 0.05) is 36.4 Å². The highest BCUT2D eigenvalue weighted by Crippen LogP contribution is 2.39. The summed E-state index contributed by atoms with van der Waals surface area (Å²) in [6, 6.07) is 6.26. The normalized spacial score (nSPS) is 20.0. The minimum Gasteiger partial charge on any atom is -0.367 e. The third-order valence-electron chi connectivity index (χ3n) is 7.27. The maximum Gasteiger partial charge on any atom is 0.238 e. The molecule has 0 unspecified atom stereocenters. The van der Waals surface area contributed by atoms with Crippen LogP contribution in [0.25, 0.3) is 27.9 Å². The zero-order valence-corrected chi connectivity index (χ0v) is 20.4. The van der Waals surface area contributed by atoms with E-state index in [0.29, 0.717) is 18.1 Å². The Balaban J connectivity index is 0.000000183. The van der Waals surface area contributed by atoms with Crippen molar-refractivity contribution in [1.82, 2.24) is 34.0 Å². The van der Waals surface area contributed by atoms with Crippen LogP contribution >= 0.6 is 0 Å². The molecule has 8 nitrogen and oxygen atoms in total. The second-order valence-corrected chi connectivity index (χ2v) is 10.0. The molecule has 180 valence electrons. The fraction of sp³-hybridized carbons (Fsp3) is 0.520. The van der Waals surface area contributed by atoms with E-state index >= 15 is 0 Å². The number of imidazole rings is 1. The first-order valence-electron chi connectivity index (χ1n) is 12.1. The monoisotopic (exact) mass is 464 g/mol. The largest absolute Gasteiger partial charge is 0.367 e. The second-order valence-electron chi connectivity index (χ2n) is 10.0. The van der Waals surface area contributed by atoms with Crippen LogP contribution in [0.4, 0.5) is 10.3 Å². The highest BCUT2D eigenvalue weighted by molar-refractivity contribution is 5.82. The number of fused-ring (bicyclic) bond motifs is 2. The average molecular weight is 465 g/mol. The van der Waals surface area contributed by atoms with Crippen molar-refractivity contribution in [1.29, 1.82) is 0 Å². The molecule has 0 aromatic carbocycles. The van der Waals surface area contributed by atoms with Gasteiger partial charge in [-0.3, -0.25) is 4.90 Å². The van der Waals surface area contributed by atoms with Crippen LogP contribution in [0.15, 0.2) is 30.6 Å². The van der Waals surface area contributed by atoms with Gasteiger partial charge < -0.3 is 10.3 Å². The molecule has 1 saturated carbocycles. The van der Waals surface area contributed by atoms with Gasteiger partial charge in [-0.25, -0.2) is 23.9 Å². The molecule has 0 spiro atoms. The lowest BCUT2D eigenvalue weighted by atomic mass is 9.77. The number of halogens is 1. The van der Waals surface area contributed by atoms with Crippen LogP contribution in [-0.2, 0) is 0 Å². The summed E-state index contributed by atoms with van der Waals surface area (Å²) in [5.74, 6) is 1.22. The first kappa shape index (κ1) is 22.7. The predicted octanol–water partition coefficient (Wildman–Crippen LogP) is 4.59. The van der Waals surface area contributed by atoms with Crippen LogP contribution in [0.2, 0.25) is 0 Å². The molecule has 0 amide bonds. The molecule has 9 heteroatoms. The van der Waals surface area contributed by atoms with E-state index in [1.54, 1.807) is 10.7 Å². The van der Waals surface area contributed by atoms with Gasteiger partial charge in [0.1, 0.15) is 17.5 Å². The number of hydrogen-bond acceptors (Lipinski definition) is 6. The average Bonchev–Trinajstić information content (AvgIpc) is 3.47. The number of alkyl halides is 1. The molecule has 6 rings (SSSR count). The maximum atomic E-state index is 12.8. The number of aryl methyl sites for hydroxylation is 1. The smallest absolute Gasteiger partial charge is 0.238 e. The van der Waals surface area contributed by atoms with Crippen LogP contribution in [0.5, 0.6) is 0 Å². The topological polar surface area (TPSA) is 90.2 Å². The number of hydrogen-bond donors (Lipinski definition) is 1. The van der Waals surface area contributed by atoms with Gasteiger partial charge in [-0.2, -0.15) is 0 Å². The maximum absolute atomic E-state index is 12.8. The van der Waals surface area contributed by atoms with Crippen molar-refractivity contribution in [2.75, 3.05) is 18.8 Å². The standard InChI is InChI=1S/C16H17N7.C9H16FN/c1-9(2)23-10(3)19-13-5-4-12(20-15(13)23)11-6-7-22-14(11)8-18-16(17)21-22;1-9(4-2-5-9)11-6-3-8(10)7-11/h4-9H,1-3H3,(H2,17,21);8H,2-7H2,1H3/t;8-/m.1/s1. The molecular weight excluding hydrogens is 431 g/mol. The van der Waals surface area contributed by atoms with Crippen molar-refractivity contribution in [3.8, 4) is 11.3 Å². The lowest BCUT2D eigenvalue weighted by Gasteiger charge is -2.46. The summed E-state index contributed by atoms with van der Waals surface area (Å²) in [7, 11) is 0. The van der Waals surface area contributed by atoms with Crippen molar-refractivity contribution < 1.29 is 4.39 Å². The van der Waals surface area contributed by atoms with Crippen molar-refractivity contribution in [2.24, 2.45) is 0 Å². The summed E-state index contributed by atoms with van der Waals surface area (Å²) >= 11 is 0. The molecule has 2 aliphatic rings. The summed E-state index contributed by atoms with van der Waals surface area (Å²) in [6.07, 6.45) is 7.68. The minimum atomic E-state index is -0.549. The number of pyridine rings is 1. The number of aromatic nitrogens is 6. The van der Waals surface area contributed by atoms with Gasteiger partial charge in [-0.15, -0.1) is 5.10 Å². The first-order chi connectivity index (χ1) is 16.2. The number of anilines is 1. The quantitative estimate of drug-likeness (QED) is 0.477. The third-order valence-corrected chi connectivity index (χ3v) is 7.27. The molecule has 4 aromatic rings. The van der Waals surface area contributed by atoms with Gasteiger partial charge in [-0.05, 0) is 71.6 Å². The Bertz CT molecular complexity index is 1320. The minimum absolute atomic E-state index is 0.247. The van der Waals surface area contributed by atoms with Gasteiger partial charge in [0.15, 0.2) is 5.65 Å². The van der Waals surface area contributed by atoms with E-state index in [1.165, 1.54) is 19.3 Å². The van der Waals surface area contributed by atoms with E-state index in [-0.39, 0.29) is 5.95 Å². The molecule has 0 bridgehead atoms. The van der Waals surface area contributed by atoms with Crippen molar-refractivity contribution >= 4 is 22.6 Å². The van der Waals surface area contributed by atoms with E-state index in [0.717, 1.165) is 46.7 Å². The highest BCUT2D eigenvalue weighted by atomic mass is 19.1. The first-order valence-corrected chi connectivity index (χ1v) is 12.1. The molecule has 4 aromatic heterocycles. The Labute approximate surface area is 199 Å². The SMILES string of the molecule is CC1(N2CC[C@@H](F)C2)CCC1.Cc1nc2ccc(-c3ccn4nc(N)ncc34)nc2n1C(C)C. The van der Waals surface area contributed by atoms with E-state index in [4.69, 9.17) is 10.7 Å². The molecule has 5 heterocycles. The van der Waals surface area contributed by atoms with Crippen LogP contribution in [0.3, 0.4) is 0 Å². The molecule has 0 radical (unpaired) electrons. The van der Waals surface area contributed by atoms with E-state index < -0.39 is 6.17 Å². The van der Waals surface area contributed by atoms with E-state index in [2.05, 4.69) is 45.3 Å². The van der Waals surface area contributed by atoms with Crippen molar-refractivity contribution in [2.45, 2.75) is 71.1 Å². The van der Waals surface area contributed by atoms with Gasteiger partial charge in [0.05, 0.1) is 17.4 Å². The summed E-state index contributed by atoms with van der Waals surface area (Å²) in [6.45, 7) is 10.2. The molecule has 1 saturated heterocycles. The highest BCUT2D eigenvalue weighted by Gasteiger charge is 2.41. The predicted molar refractivity (Wildman–Crippen MR) is 132 cm³/mol. The number of rotatable bonds is 3. The lowest BCUT2D eigenvalue weighted by Crippen LogP contribution is -2.50. The van der Waals surface area contributed by atoms with Crippen molar-refractivity contribution in [3.63, 3.8) is 0 Å². The van der Waals surface area contributed by atoms with Crippen molar-refractivity contribution in [3.05, 3.63) is 36.4 Å². The number of nitrogens with zero attached hydrogens (tertiary/aromatic N) is 7. The zero-order valence-electron chi connectivity index (χ0n) is 20.4. The second kappa shape index (κ2) is 8.61. The fourth-order valence-electron chi connectivity index (χ4n) is 5.20. The Kier molecular flexibility index (Phi) is 5.75. The summed E-state index contributed by atoms with van der Waals surface area (Å²) in [5, 5.41) is 4.17. The number of nitrogens with two attached hydrogens (primary N) is 1. The van der Waals surface area contributed by atoms with Gasteiger partial charge >= 0.3 is 0 Å². The lowest BCUT2D eigenvalue weighted by molar-refractivity contribution is 0.0488. The molecule has 2 fully saturated rings. The third kappa shape index (κ3) is 4.02. The Morgan fingerprint density at radius 1 is 1.18 bits per heavy atom. The Morgan fingerprint density at radius 3 is 2.62 bits per heavy atom. The Morgan fingerprint density at radius 2 is 1.97 bits per heavy atom. The van der Waals surface area contributed by atoms with Crippen LogP contribution < -0.4 is 5.73 Å². The van der Waals surface area contributed by atoms with Crippen LogP contribution in [0, 0.1) is 6.92 Å². The van der Waals surface area contributed by atoms with E-state index in [1.807, 2.05) is 31.3 Å². The van der Waals surface area contributed by atoms with Gasteiger partial charge in [0.25, 0.3) is 0 Å². The number of nitrogen functional groups attached to an aromatic ring is 1.